The standard InChI is InChI=1S/C9H18O2S.2C9H18O.C8H16O2.2C8H16O.2C8H18O.C7H14O2S.C7H14O.C6H12O2S.C5H10O.2C2H6/c1-9(2,3)8-4-6-12(10,11)7-5-8;1-8(2,3)7-5-9(4,10)6-7;1-8(2,3)7-9(10)5-4-6-9;1-7(2,3)4-8(9)5-10-6-8;2*1-7(2,3)6-8(9)4-5-8;2*1-7(2,3)6-8(4,5)9;1-7(2,3)6-4-10(8,9)5-6;1-7(2,3)6-4-8-5-6;1-5-3-6(4-5)9(2,7)8;1-4-2-5(6)3-4;2*1-2/h8H,4-7H2,1-3H3;7,10H,5-6H2,1-4H3;10H,4-7H2,1-3H3;9H,4-6H2,1-3H3;2*9H,4-6H2,1-3H3;2*9H,6H2,1-5H3;6H,4-5H2,1-3H3;6H,4-5H2,1-3H3;5-6H,3-4H2,1-2H3;4-6H,2-3H2,1H3;2*1-2H3/i;;;;;;6D2;4D3;;;;;;. The Morgan fingerprint density at radius 2 is 0.739 bits per heavy atom. The van der Waals surface area contributed by atoms with Crippen LogP contribution in [-0.4, -0.2) is 172 Å². The molecule has 0 aromatic carbocycles. The molecule has 10 aliphatic rings. The van der Waals surface area contributed by atoms with Crippen LogP contribution in [-0.2, 0) is 39.0 Å². The van der Waals surface area contributed by atoms with Crippen molar-refractivity contribution in [3.63, 3.8) is 0 Å². The molecule has 4 heterocycles. The first-order valence-corrected chi connectivity index (χ1v) is 50.0. The molecule has 10 fully saturated rings. The van der Waals surface area contributed by atoms with E-state index < -0.39 is 65.0 Å². The fraction of sp³-hybridized carbons (Fsp3) is 1.00. The van der Waals surface area contributed by atoms with E-state index >= 15 is 0 Å². The highest BCUT2D eigenvalue weighted by atomic mass is 32.2. The number of aliphatic hydroxyl groups excluding tert-OH is 1. The maximum absolute atomic E-state index is 11.1. The fourth-order valence-electron chi connectivity index (χ4n) is 15.0. The summed E-state index contributed by atoms with van der Waals surface area (Å²) in [4.78, 5) is 0. The molecule has 0 aromatic rings. The zero-order valence-corrected chi connectivity index (χ0v) is 85.4. The first-order chi connectivity index (χ1) is 52.4. The van der Waals surface area contributed by atoms with E-state index in [0.29, 0.717) is 75.6 Å². The van der Waals surface area contributed by atoms with Gasteiger partial charge in [-0.2, -0.15) is 0 Å². The van der Waals surface area contributed by atoms with E-state index in [1.165, 1.54) is 33.4 Å². The van der Waals surface area contributed by atoms with Gasteiger partial charge in [-0.05, 0) is 253 Å². The quantitative estimate of drug-likeness (QED) is 0.118. The Bertz CT molecular complexity index is 3040. The predicted molar refractivity (Wildman–Crippen MR) is 493 cm³/mol. The molecular weight excluding hydrogens is 1510 g/mol. The largest absolute Gasteiger partial charge is 0.393 e. The van der Waals surface area contributed by atoms with Gasteiger partial charge in [0.1, 0.15) is 25.3 Å². The van der Waals surface area contributed by atoms with Gasteiger partial charge in [-0.15, -0.1) is 0 Å². The second-order valence-corrected chi connectivity index (χ2v) is 55.7. The van der Waals surface area contributed by atoms with Gasteiger partial charge in [-0.25, -0.2) is 25.3 Å². The smallest absolute Gasteiger partial charge is 0.150 e. The Balaban J connectivity index is -0.000000611. The van der Waals surface area contributed by atoms with Gasteiger partial charge in [-0.1, -0.05) is 249 Å². The minimum Gasteiger partial charge on any atom is -0.393 e. The average Bonchev–Trinajstić information content (AvgIpc) is 1.20. The van der Waals surface area contributed by atoms with Gasteiger partial charge in [0.05, 0.1) is 94.4 Å². The highest BCUT2D eigenvalue weighted by molar-refractivity contribution is 7.92. The first kappa shape index (κ1) is 111. The summed E-state index contributed by atoms with van der Waals surface area (Å²) >= 11 is 0. The highest BCUT2D eigenvalue weighted by Gasteiger charge is 2.47. The van der Waals surface area contributed by atoms with Crippen molar-refractivity contribution in [2.75, 3.05) is 55.7 Å². The molecule has 1 atom stereocenters. The summed E-state index contributed by atoms with van der Waals surface area (Å²) in [5.74, 6) is 5.52. The van der Waals surface area contributed by atoms with Crippen molar-refractivity contribution in [2.45, 2.75) is 469 Å². The number of rotatable bonds is 7. The van der Waals surface area contributed by atoms with Crippen molar-refractivity contribution in [3.8, 4) is 0 Å². The van der Waals surface area contributed by atoms with Gasteiger partial charge in [0, 0.05) is 19.0 Å². The summed E-state index contributed by atoms with van der Waals surface area (Å²) in [6, 6.07) is 0. The second-order valence-electron chi connectivity index (χ2n) is 48.9. The van der Waals surface area contributed by atoms with Crippen LogP contribution in [0.25, 0.3) is 0 Å². The molecule has 1 unspecified atom stereocenters. The van der Waals surface area contributed by atoms with Crippen molar-refractivity contribution < 1.29 is 82.4 Å². The molecule has 115 heavy (non-hydrogen) atoms. The van der Waals surface area contributed by atoms with Crippen molar-refractivity contribution in [1.82, 2.24) is 0 Å². The van der Waals surface area contributed by atoms with Crippen LogP contribution in [0.2, 0.25) is 0 Å². The van der Waals surface area contributed by atoms with Crippen LogP contribution in [0.4, 0.5) is 0 Å². The van der Waals surface area contributed by atoms with Crippen molar-refractivity contribution in [1.29, 1.82) is 0 Å². The summed E-state index contributed by atoms with van der Waals surface area (Å²) in [5, 5.41) is 75.5. The van der Waals surface area contributed by atoms with E-state index in [4.69, 9.17) is 21.4 Å². The lowest BCUT2D eigenvalue weighted by atomic mass is 9.61. The van der Waals surface area contributed by atoms with Crippen molar-refractivity contribution >= 4 is 29.5 Å². The normalized spacial score (nSPS) is 26.8. The van der Waals surface area contributed by atoms with E-state index in [1.807, 2.05) is 55.4 Å². The van der Waals surface area contributed by atoms with Crippen molar-refractivity contribution in [3.05, 3.63) is 0 Å². The molecular formula is C96H200O16S3. The van der Waals surface area contributed by atoms with Crippen LogP contribution >= 0.6 is 0 Å². The Kier molecular flexibility index (Phi) is 45.3. The van der Waals surface area contributed by atoms with Crippen LogP contribution in [0, 0.1) is 89.7 Å². The molecule has 698 valence electrons. The number of sulfone groups is 3. The molecule has 10 rings (SSSR count). The lowest BCUT2D eigenvalue weighted by Crippen LogP contribution is -2.51. The molecule has 16 nitrogen and oxygen atoms in total. The van der Waals surface area contributed by atoms with E-state index in [1.54, 1.807) is 20.8 Å². The number of hydrogen-bond donors (Lipinski definition) is 8. The topological polar surface area (TPSA) is 283 Å². The Labute approximate surface area is 722 Å². The number of aliphatic hydroxyl groups is 8. The Morgan fingerprint density at radius 3 is 0.835 bits per heavy atom. The van der Waals surface area contributed by atoms with Crippen LogP contribution in [0.1, 0.15) is 425 Å². The lowest BCUT2D eigenvalue weighted by Gasteiger charge is -2.47. The molecule has 6 saturated carbocycles. The minimum atomic E-state index is -2.70. The lowest BCUT2D eigenvalue weighted by molar-refractivity contribution is -0.192. The summed E-state index contributed by atoms with van der Waals surface area (Å²) < 4.78 is 112. The fourth-order valence-corrected chi connectivity index (χ4v) is 19.9. The second kappa shape index (κ2) is 47.1. The van der Waals surface area contributed by atoms with E-state index in [0.717, 1.165) is 147 Å². The maximum Gasteiger partial charge on any atom is 0.150 e. The zero-order chi connectivity index (χ0) is 96.8. The van der Waals surface area contributed by atoms with E-state index in [9.17, 15) is 61.0 Å². The maximum atomic E-state index is 11.1. The van der Waals surface area contributed by atoms with Crippen LogP contribution in [0.15, 0.2) is 0 Å². The third-order valence-electron chi connectivity index (χ3n) is 21.3. The zero-order valence-electron chi connectivity index (χ0n) is 88.0. The Morgan fingerprint density at radius 1 is 0.426 bits per heavy atom. The Hall–Kier alpha value is -0.550. The molecule has 19 heteroatoms. The third-order valence-corrected chi connectivity index (χ3v) is 26.5. The number of ether oxygens (including phenoxy) is 2. The average molecular weight is 1710 g/mol. The number of hydrogen-bond acceptors (Lipinski definition) is 16. The monoisotopic (exact) mass is 1710 g/mol. The van der Waals surface area contributed by atoms with Crippen LogP contribution in [0.5, 0.6) is 0 Å². The third kappa shape index (κ3) is 66.6. The first-order valence-electron chi connectivity index (χ1n) is 46.9. The van der Waals surface area contributed by atoms with Crippen molar-refractivity contribution in [2.24, 2.45) is 89.7 Å². The molecule has 8 N–H and O–H groups in total. The van der Waals surface area contributed by atoms with Gasteiger partial charge in [0.25, 0.3) is 0 Å². The molecule has 6 aliphatic carbocycles. The van der Waals surface area contributed by atoms with E-state index in [2.05, 4.69) is 180 Å². The molecule has 4 aliphatic heterocycles. The van der Waals surface area contributed by atoms with Crippen LogP contribution < -0.4 is 0 Å². The molecule has 4 saturated heterocycles. The van der Waals surface area contributed by atoms with Crippen LogP contribution in [0.3, 0.4) is 0 Å². The molecule has 0 spiro atoms. The van der Waals surface area contributed by atoms with E-state index in [-0.39, 0.29) is 67.3 Å². The summed E-state index contributed by atoms with van der Waals surface area (Å²) in [6.07, 6.45) is 18.6. The van der Waals surface area contributed by atoms with Gasteiger partial charge in [-0.3, -0.25) is 0 Å². The minimum absolute atomic E-state index is 0.0208. The molecule has 0 aromatic heterocycles. The molecule has 0 radical (unpaired) electrons. The summed E-state index contributed by atoms with van der Waals surface area (Å²) in [5.41, 5.74) is -2.86. The van der Waals surface area contributed by atoms with Gasteiger partial charge in [0.2, 0.25) is 0 Å². The van der Waals surface area contributed by atoms with Gasteiger partial charge in [0.15, 0.2) is 9.84 Å². The molecule has 0 amide bonds. The summed E-state index contributed by atoms with van der Waals surface area (Å²) in [7, 11) is -7.99. The summed E-state index contributed by atoms with van der Waals surface area (Å²) in [6.45, 7) is 82.6. The van der Waals surface area contributed by atoms with Gasteiger partial charge >= 0.3 is 0 Å². The van der Waals surface area contributed by atoms with Gasteiger partial charge < -0.3 is 50.3 Å². The SMILES string of the molecule is CC.CC.CC(C)(C)C1CCS(=O)(=O)CC1.CC(C)(C)C1COC1.CC(C)(C)C1CS(=O)(=O)C1.CC(C)(C)CC1(O)CC1.CC(C)(C)CC1(O)CC1.CC(C)(C)CC1(O)CCC1.CC(C)(C)CC1(O)COC1.CC1(O)CC(C(C)(C)C)C1.CC1CC(O)C1.CC1CC(S(C)(=O)=O)C1.[2H]C([2H])(C(C)(C)C)C(C)(C)O.[2H]C([2H])([2H])C(C)(O)CC(C)(C)C. The predicted octanol–water partition coefficient (Wildman–Crippen LogP) is 22.3. The highest BCUT2D eigenvalue weighted by Crippen LogP contribution is 2.49. The molecule has 0 bridgehead atoms.